The minimum absolute atomic E-state index is 0.275. The molecule has 0 saturated heterocycles. The second-order valence-electron chi connectivity index (χ2n) is 2.96. The first-order valence-corrected chi connectivity index (χ1v) is 4.03. The summed E-state index contributed by atoms with van der Waals surface area (Å²) in [6, 6.07) is 3.17. The van der Waals surface area contributed by atoms with Crippen LogP contribution >= 0.6 is 0 Å². The van der Waals surface area contributed by atoms with E-state index in [1.165, 1.54) is 6.07 Å². The van der Waals surface area contributed by atoms with Gasteiger partial charge in [0.25, 0.3) is 0 Å². The van der Waals surface area contributed by atoms with Crippen LogP contribution in [-0.2, 0) is 6.42 Å². The summed E-state index contributed by atoms with van der Waals surface area (Å²) in [5.41, 5.74) is 1.43. The van der Waals surface area contributed by atoms with Crippen molar-refractivity contribution in [3.8, 4) is 5.75 Å². The fraction of sp³-hybridized carbons (Fsp3) is 0.333. The Kier molecular flexibility index (Phi) is 1.64. The Morgan fingerprint density at radius 2 is 2.25 bits per heavy atom. The van der Waals surface area contributed by atoms with Crippen molar-refractivity contribution in [3.63, 3.8) is 0 Å². The largest absolute Gasteiger partial charge is 0.505 e. The van der Waals surface area contributed by atoms with Crippen LogP contribution in [0.5, 0.6) is 5.75 Å². The summed E-state index contributed by atoms with van der Waals surface area (Å²) < 4.78 is 13.2. The first-order chi connectivity index (χ1) is 5.79. The number of aromatic hydroxyl groups is 1. The maximum absolute atomic E-state index is 13.2. The first kappa shape index (κ1) is 7.40. The third-order valence-corrected chi connectivity index (χ3v) is 2.13. The quantitative estimate of drug-likeness (QED) is 0.618. The molecule has 2 nitrogen and oxygen atoms in total. The van der Waals surface area contributed by atoms with Gasteiger partial charge in [0.05, 0.1) is 5.69 Å². The third-order valence-electron chi connectivity index (χ3n) is 2.13. The number of rotatable bonds is 0. The van der Waals surface area contributed by atoms with Crippen molar-refractivity contribution in [2.24, 2.45) is 0 Å². The smallest absolute Gasteiger partial charge is 0.188 e. The van der Waals surface area contributed by atoms with Gasteiger partial charge in [-0.05, 0) is 24.5 Å². The van der Waals surface area contributed by atoms with Crippen molar-refractivity contribution in [2.75, 3.05) is 11.9 Å². The van der Waals surface area contributed by atoms with Crippen molar-refractivity contribution >= 4 is 5.69 Å². The van der Waals surface area contributed by atoms with Gasteiger partial charge in [0.2, 0.25) is 0 Å². The molecule has 12 heavy (non-hydrogen) atoms. The second kappa shape index (κ2) is 2.66. The van der Waals surface area contributed by atoms with Crippen LogP contribution in [0.1, 0.15) is 12.0 Å². The number of fused-ring (bicyclic) bond motifs is 1. The van der Waals surface area contributed by atoms with Crippen molar-refractivity contribution in [1.82, 2.24) is 0 Å². The molecule has 0 aromatic heterocycles. The molecule has 2 N–H and O–H groups in total. The van der Waals surface area contributed by atoms with Crippen LogP contribution < -0.4 is 5.32 Å². The molecule has 1 aliphatic rings. The predicted octanol–water partition coefficient (Wildman–Crippen LogP) is 1.89. The highest BCUT2D eigenvalue weighted by atomic mass is 19.1. The van der Waals surface area contributed by atoms with Crippen LogP contribution in [0.2, 0.25) is 0 Å². The summed E-state index contributed by atoms with van der Waals surface area (Å²) in [5.74, 6) is -0.796. The zero-order valence-corrected chi connectivity index (χ0v) is 6.60. The van der Waals surface area contributed by atoms with Crippen LogP contribution in [0, 0.1) is 5.82 Å². The lowest BCUT2D eigenvalue weighted by Gasteiger charge is -2.18. The minimum Gasteiger partial charge on any atom is -0.505 e. The number of halogens is 1. The normalized spacial score (nSPS) is 15.1. The summed E-state index contributed by atoms with van der Waals surface area (Å²) >= 11 is 0. The zero-order valence-electron chi connectivity index (χ0n) is 6.60. The second-order valence-corrected chi connectivity index (χ2v) is 2.96. The van der Waals surface area contributed by atoms with E-state index in [-0.39, 0.29) is 5.75 Å². The Morgan fingerprint density at radius 3 is 3.08 bits per heavy atom. The number of aryl methyl sites for hydroxylation is 1. The molecule has 0 spiro atoms. The molecule has 1 heterocycles. The summed E-state index contributed by atoms with van der Waals surface area (Å²) in [5, 5.41) is 12.0. The Balaban J connectivity index is 2.54. The number of anilines is 1. The molecule has 1 aromatic rings. The van der Waals surface area contributed by atoms with E-state index < -0.39 is 5.82 Å². The topological polar surface area (TPSA) is 32.3 Å². The summed E-state index contributed by atoms with van der Waals surface area (Å²) in [6.07, 6.45) is 1.91. The molecule has 2 rings (SSSR count). The summed E-state index contributed by atoms with van der Waals surface area (Å²) in [4.78, 5) is 0. The molecule has 0 saturated carbocycles. The SMILES string of the molecule is Oc1ccc2c(c1F)NCCC2. The number of phenols is 1. The van der Waals surface area contributed by atoms with Gasteiger partial charge in [-0.25, -0.2) is 4.39 Å². The van der Waals surface area contributed by atoms with E-state index in [4.69, 9.17) is 5.11 Å². The molecule has 0 unspecified atom stereocenters. The lowest BCUT2D eigenvalue weighted by molar-refractivity contribution is 0.432. The van der Waals surface area contributed by atoms with Crippen LogP contribution in [0.3, 0.4) is 0 Å². The van der Waals surface area contributed by atoms with Crippen molar-refractivity contribution in [3.05, 3.63) is 23.5 Å². The highest BCUT2D eigenvalue weighted by molar-refractivity contribution is 5.57. The van der Waals surface area contributed by atoms with Gasteiger partial charge in [-0.15, -0.1) is 0 Å². The third kappa shape index (κ3) is 1.02. The molecule has 1 aliphatic heterocycles. The van der Waals surface area contributed by atoms with Crippen molar-refractivity contribution in [2.45, 2.75) is 12.8 Å². The zero-order chi connectivity index (χ0) is 8.55. The van der Waals surface area contributed by atoms with Gasteiger partial charge < -0.3 is 10.4 Å². The van der Waals surface area contributed by atoms with Gasteiger partial charge in [0.15, 0.2) is 11.6 Å². The lowest BCUT2D eigenvalue weighted by atomic mass is 10.0. The predicted molar refractivity (Wildman–Crippen MR) is 44.9 cm³/mol. The lowest BCUT2D eigenvalue weighted by Crippen LogP contribution is -2.13. The molecular formula is C9H10FNO. The number of phenolic OH excluding ortho intramolecular Hbond substituents is 1. The summed E-state index contributed by atoms with van der Waals surface area (Å²) in [6.45, 7) is 0.785. The van der Waals surface area contributed by atoms with E-state index in [1.807, 2.05) is 0 Å². The number of benzene rings is 1. The van der Waals surface area contributed by atoms with Crippen LogP contribution in [0.25, 0.3) is 0 Å². The molecule has 0 aliphatic carbocycles. The standard InChI is InChI=1S/C9H10FNO/c10-8-7(12)4-3-6-2-1-5-11-9(6)8/h3-4,11-12H,1-2,5H2. The molecule has 0 fully saturated rings. The highest BCUT2D eigenvalue weighted by Gasteiger charge is 2.15. The molecule has 0 bridgehead atoms. The van der Waals surface area contributed by atoms with Gasteiger partial charge >= 0.3 is 0 Å². The Morgan fingerprint density at radius 1 is 1.42 bits per heavy atom. The van der Waals surface area contributed by atoms with Crippen LogP contribution in [-0.4, -0.2) is 11.7 Å². The molecule has 3 heteroatoms. The minimum atomic E-state index is -0.521. The molecule has 64 valence electrons. The Bertz CT molecular complexity index is 312. The maximum Gasteiger partial charge on any atom is 0.188 e. The van der Waals surface area contributed by atoms with Crippen molar-refractivity contribution < 1.29 is 9.50 Å². The first-order valence-electron chi connectivity index (χ1n) is 4.03. The van der Waals surface area contributed by atoms with Crippen molar-refractivity contribution in [1.29, 1.82) is 0 Å². The van der Waals surface area contributed by atoms with E-state index in [1.54, 1.807) is 6.07 Å². The number of hydrogen-bond acceptors (Lipinski definition) is 2. The monoisotopic (exact) mass is 167 g/mol. The molecule has 0 radical (unpaired) electrons. The molecular weight excluding hydrogens is 157 g/mol. The van der Waals surface area contributed by atoms with Gasteiger partial charge in [-0.2, -0.15) is 0 Å². The van der Waals surface area contributed by atoms with E-state index >= 15 is 0 Å². The van der Waals surface area contributed by atoms with Crippen LogP contribution in [0.4, 0.5) is 10.1 Å². The van der Waals surface area contributed by atoms with Gasteiger partial charge in [0.1, 0.15) is 0 Å². The molecule has 0 atom stereocenters. The number of hydrogen-bond donors (Lipinski definition) is 2. The van der Waals surface area contributed by atoms with E-state index in [0.717, 1.165) is 24.9 Å². The fourth-order valence-electron chi connectivity index (χ4n) is 1.50. The molecule has 0 amide bonds. The number of nitrogens with one attached hydrogen (secondary N) is 1. The maximum atomic E-state index is 13.2. The highest BCUT2D eigenvalue weighted by Crippen LogP contribution is 2.30. The van der Waals surface area contributed by atoms with E-state index in [9.17, 15) is 4.39 Å². The average molecular weight is 167 g/mol. The van der Waals surface area contributed by atoms with E-state index in [2.05, 4.69) is 5.32 Å². The van der Waals surface area contributed by atoms with Gasteiger partial charge in [-0.3, -0.25) is 0 Å². The van der Waals surface area contributed by atoms with Gasteiger partial charge in [-0.1, -0.05) is 6.07 Å². The summed E-state index contributed by atoms with van der Waals surface area (Å²) in [7, 11) is 0. The molecule has 1 aromatic carbocycles. The Labute approximate surface area is 70.0 Å². The average Bonchev–Trinajstić information content (AvgIpc) is 2.12. The Hall–Kier alpha value is -1.25. The van der Waals surface area contributed by atoms with Crippen LogP contribution in [0.15, 0.2) is 12.1 Å². The van der Waals surface area contributed by atoms with Gasteiger partial charge in [0, 0.05) is 6.54 Å². The fourth-order valence-corrected chi connectivity index (χ4v) is 1.50. The van der Waals surface area contributed by atoms with E-state index in [0.29, 0.717) is 5.69 Å².